The third kappa shape index (κ3) is 7.18. The van der Waals surface area contributed by atoms with Crippen LogP contribution in [0.5, 0.6) is 0 Å². The van der Waals surface area contributed by atoms with Gasteiger partial charge in [0.05, 0.1) is 40.7 Å². The van der Waals surface area contributed by atoms with Crippen molar-refractivity contribution in [2.75, 3.05) is 13.3 Å². The fraction of sp³-hybridized carbons (Fsp3) is 0.625. The lowest BCUT2D eigenvalue weighted by atomic mass is 10.1. The molecule has 4 nitrogen and oxygen atoms in total. The molecule has 0 saturated carbocycles. The molecule has 0 bridgehead atoms. The van der Waals surface area contributed by atoms with Crippen molar-refractivity contribution >= 4 is 23.2 Å². The van der Waals surface area contributed by atoms with E-state index in [-0.39, 0.29) is 18.5 Å². The lowest BCUT2D eigenvalue weighted by molar-refractivity contribution is 0.346. The maximum atomic E-state index is 12.4. The van der Waals surface area contributed by atoms with Gasteiger partial charge in [0.25, 0.3) is 0 Å². The molecule has 24 heavy (non-hydrogen) atoms. The molecule has 2 aromatic rings. The molecule has 8 heteroatoms. The fourth-order valence-electron chi connectivity index (χ4n) is 1.85. The fourth-order valence-corrected chi connectivity index (χ4v) is 2.36. The SMILES string of the molecule is CC.CC(C)c1c(Cl)cnn1C(C)CF.FCCn1cc(Cl)cn1. The molecule has 0 fully saturated rings. The molecule has 0 saturated heterocycles. The summed E-state index contributed by atoms with van der Waals surface area (Å²) in [6.45, 7) is 9.28. The van der Waals surface area contributed by atoms with Gasteiger partial charge in [0.1, 0.15) is 13.3 Å². The van der Waals surface area contributed by atoms with Gasteiger partial charge in [0, 0.05) is 6.20 Å². The Labute approximate surface area is 152 Å². The van der Waals surface area contributed by atoms with E-state index in [1.54, 1.807) is 24.0 Å². The molecule has 2 heterocycles. The highest BCUT2D eigenvalue weighted by Crippen LogP contribution is 2.26. The Bertz CT molecular complexity index is 570. The molecule has 2 aromatic heterocycles. The van der Waals surface area contributed by atoms with Crippen molar-refractivity contribution in [1.82, 2.24) is 19.6 Å². The van der Waals surface area contributed by atoms with Crippen LogP contribution in [-0.4, -0.2) is 32.9 Å². The quantitative estimate of drug-likeness (QED) is 0.662. The minimum absolute atomic E-state index is 0.232. The summed E-state index contributed by atoms with van der Waals surface area (Å²) in [4.78, 5) is 0. The van der Waals surface area contributed by atoms with Gasteiger partial charge in [-0.3, -0.25) is 9.36 Å². The van der Waals surface area contributed by atoms with Gasteiger partial charge >= 0.3 is 0 Å². The predicted molar refractivity (Wildman–Crippen MR) is 96.6 cm³/mol. The summed E-state index contributed by atoms with van der Waals surface area (Å²) in [6, 6.07) is -0.232. The van der Waals surface area contributed by atoms with Crippen LogP contribution in [-0.2, 0) is 6.54 Å². The van der Waals surface area contributed by atoms with Crippen molar-refractivity contribution in [2.45, 2.75) is 53.1 Å². The highest BCUT2D eigenvalue weighted by Gasteiger charge is 2.16. The molecular formula is C16H26Cl2F2N4. The second-order valence-corrected chi connectivity index (χ2v) is 5.93. The number of rotatable bonds is 5. The standard InChI is InChI=1S/C9H14ClFN2.C5H6ClFN2.C2H6/c1-6(2)9-8(10)5-12-13(9)7(3)4-11;6-5-3-8-9(4-5)2-1-7;1-2/h5-7H,4H2,1-3H3;3-4H,1-2H2;1-2H3. The third-order valence-corrected chi connectivity index (χ3v) is 3.38. The predicted octanol–water partition coefficient (Wildman–Crippen LogP) is 5.72. The Kier molecular flexibility index (Phi) is 11.7. The normalized spacial score (nSPS) is 11.4. The zero-order valence-electron chi connectivity index (χ0n) is 14.8. The van der Waals surface area contributed by atoms with Gasteiger partial charge in [-0.25, -0.2) is 8.78 Å². The second kappa shape index (κ2) is 12.3. The van der Waals surface area contributed by atoms with Crippen LogP contribution in [0.15, 0.2) is 18.6 Å². The smallest absolute Gasteiger partial charge is 0.112 e. The Balaban J connectivity index is 0.000000420. The average molecular weight is 383 g/mol. The maximum Gasteiger partial charge on any atom is 0.112 e. The van der Waals surface area contributed by atoms with Crippen molar-refractivity contribution in [2.24, 2.45) is 0 Å². The Morgan fingerprint density at radius 1 is 1.08 bits per heavy atom. The molecule has 0 radical (unpaired) electrons. The average Bonchev–Trinajstić information content (AvgIpc) is 3.15. The van der Waals surface area contributed by atoms with Gasteiger partial charge in [-0.05, 0) is 12.8 Å². The first-order chi connectivity index (χ1) is 11.4. The molecule has 0 amide bonds. The number of halogens is 4. The monoisotopic (exact) mass is 382 g/mol. The van der Waals surface area contributed by atoms with Crippen molar-refractivity contribution in [3.63, 3.8) is 0 Å². The summed E-state index contributed by atoms with van der Waals surface area (Å²) in [5.74, 6) is 0.268. The second-order valence-electron chi connectivity index (χ2n) is 5.09. The van der Waals surface area contributed by atoms with E-state index >= 15 is 0 Å². The summed E-state index contributed by atoms with van der Waals surface area (Å²) < 4.78 is 27.1. The Morgan fingerprint density at radius 2 is 1.71 bits per heavy atom. The largest absolute Gasteiger partial charge is 0.269 e. The molecule has 0 aliphatic rings. The first-order valence-corrected chi connectivity index (χ1v) is 8.69. The van der Waals surface area contributed by atoms with Crippen LogP contribution >= 0.6 is 23.2 Å². The van der Waals surface area contributed by atoms with Crippen LogP contribution in [0.3, 0.4) is 0 Å². The zero-order valence-corrected chi connectivity index (χ0v) is 16.3. The zero-order chi connectivity index (χ0) is 18.7. The van der Waals surface area contributed by atoms with E-state index in [9.17, 15) is 8.78 Å². The van der Waals surface area contributed by atoms with Crippen LogP contribution < -0.4 is 0 Å². The van der Waals surface area contributed by atoms with E-state index in [0.29, 0.717) is 10.0 Å². The van der Waals surface area contributed by atoms with E-state index in [1.165, 1.54) is 10.9 Å². The molecule has 138 valence electrons. The highest BCUT2D eigenvalue weighted by atomic mass is 35.5. The van der Waals surface area contributed by atoms with Gasteiger partial charge in [-0.1, -0.05) is 50.9 Å². The number of nitrogens with zero attached hydrogens (tertiary/aromatic N) is 4. The van der Waals surface area contributed by atoms with Gasteiger partial charge in [0.15, 0.2) is 0 Å². The van der Waals surface area contributed by atoms with Crippen LogP contribution in [0.1, 0.15) is 52.3 Å². The minimum atomic E-state index is -0.419. The molecule has 1 atom stereocenters. The van der Waals surface area contributed by atoms with Crippen molar-refractivity contribution < 1.29 is 8.78 Å². The molecule has 0 spiro atoms. The first kappa shape index (κ1) is 22.9. The number of aromatic nitrogens is 4. The summed E-state index contributed by atoms with van der Waals surface area (Å²) in [5, 5.41) is 8.97. The summed E-state index contributed by atoms with van der Waals surface area (Å²) >= 11 is 11.4. The Morgan fingerprint density at radius 3 is 2.12 bits per heavy atom. The summed E-state index contributed by atoms with van der Waals surface area (Å²) in [7, 11) is 0. The lowest BCUT2D eigenvalue weighted by Gasteiger charge is -2.14. The van der Waals surface area contributed by atoms with E-state index in [4.69, 9.17) is 23.2 Å². The van der Waals surface area contributed by atoms with Crippen molar-refractivity contribution in [1.29, 1.82) is 0 Å². The van der Waals surface area contributed by atoms with Gasteiger partial charge < -0.3 is 0 Å². The number of hydrogen-bond donors (Lipinski definition) is 0. The van der Waals surface area contributed by atoms with Crippen LogP contribution in [0, 0.1) is 0 Å². The minimum Gasteiger partial charge on any atom is -0.269 e. The summed E-state index contributed by atoms with van der Waals surface area (Å²) in [6.07, 6.45) is 4.64. The number of hydrogen-bond acceptors (Lipinski definition) is 2. The van der Waals surface area contributed by atoms with Crippen molar-refractivity contribution in [3.05, 3.63) is 34.3 Å². The molecule has 0 aliphatic heterocycles. The Hall–Kier alpha value is -1.14. The van der Waals surface area contributed by atoms with E-state index < -0.39 is 13.3 Å². The number of alkyl halides is 2. The van der Waals surface area contributed by atoms with E-state index in [1.807, 2.05) is 27.7 Å². The van der Waals surface area contributed by atoms with Gasteiger partial charge in [-0.2, -0.15) is 10.2 Å². The molecular weight excluding hydrogens is 357 g/mol. The van der Waals surface area contributed by atoms with Gasteiger partial charge in [-0.15, -0.1) is 0 Å². The van der Waals surface area contributed by atoms with Crippen molar-refractivity contribution in [3.8, 4) is 0 Å². The molecule has 0 aliphatic carbocycles. The summed E-state index contributed by atoms with van der Waals surface area (Å²) in [5.41, 5.74) is 0.909. The maximum absolute atomic E-state index is 12.4. The topological polar surface area (TPSA) is 35.6 Å². The van der Waals surface area contributed by atoms with Gasteiger partial charge in [0.2, 0.25) is 0 Å². The number of aryl methyl sites for hydroxylation is 1. The molecule has 0 N–H and O–H groups in total. The first-order valence-electron chi connectivity index (χ1n) is 7.93. The van der Waals surface area contributed by atoms with E-state index in [2.05, 4.69) is 10.2 Å². The van der Waals surface area contributed by atoms with E-state index in [0.717, 1.165) is 5.69 Å². The highest BCUT2D eigenvalue weighted by molar-refractivity contribution is 6.31. The third-order valence-electron chi connectivity index (χ3n) is 2.89. The molecule has 0 aromatic carbocycles. The van der Waals surface area contributed by atoms with Crippen LogP contribution in [0.2, 0.25) is 10.0 Å². The van der Waals surface area contributed by atoms with Crippen LogP contribution in [0.4, 0.5) is 8.78 Å². The lowest BCUT2D eigenvalue weighted by Crippen LogP contribution is -2.13. The molecule has 1 unspecified atom stereocenters. The van der Waals surface area contributed by atoms with Crippen LogP contribution in [0.25, 0.3) is 0 Å². The molecule has 2 rings (SSSR count).